The van der Waals surface area contributed by atoms with Gasteiger partial charge in [-0.05, 0) is 0 Å². The van der Waals surface area contributed by atoms with E-state index < -0.39 is 5.91 Å². The molecule has 4 N–H and O–H groups in total. The highest BCUT2D eigenvalue weighted by molar-refractivity contribution is 5.97. The number of nitrogens with two attached hydrogens (primary N) is 2. The molecule has 0 atom stereocenters. The molecule has 1 amide bonds. The SMILES string of the molecule is COc1cc(C(N)=O)c(N)cn1. The van der Waals surface area contributed by atoms with Gasteiger partial charge >= 0.3 is 0 Å². The number of nitrogen functional groups attached to an aromatic ring is 1. The summed E-state index contributed by atoms with van der Waals surface area (Å²) < 4.78 is 4.79. The lowest BCUT2D eigenvalue weighted by atomic mass is 10.2. The number of ether oxygens (including phenoxy) is 1. The first-order chi connectivity index (χ1) is 5.65. The van der Waals surface area contributed by atoms with Crippen molar-refractivity contribution in [2.24, 2.45) is 5.73 Å². The van der Waals surface area contributed by atoms with E-state index >= 15 is 0 Å². The first-order valence-corrected chi connectivity index (χ1v) is 3.24. The Balaban J connectivity index is 3.17. The Morgan fingerprint density at radius 2 is 2.33 bits per heavy atom. The van der Waals surface area contributed by atoms with Crippen LogP contribution in [0.15, 0.2) is 12.3 Å². The second-order valence-corrected chi connectivity index (χ2v) is 2.18. The average Bonchev–Trinajstić information content (AvgIpc) is 2.05. The Hall–Kier alpha value is -1.78. The zero-order chi connectivity index (χ0) is 9.14. The Morgan fingerprint density at radius 3 is 2.83 bits per heavy atom. The van der Waals surface area contributed by atoms with Gasteiger partial charge in [-0.25, -0.2) is 4.98 Å². The Bertz CT molecular complexity index is 312. The van der Waals surface area contributed by atoms with Gasteiger partial charge in [0.05, 0.1) is 24.6 Å². The fourth-order valence-electron chi connectivity index (χ4n) is 0.772. The van der Waals surface area contributed by atoms with Crippen LogP contribution in [0.3, 0.4) is 0 Å². The molecule has 0 bridgehead atoms. The van der Waals surface area contributed by atoms with Gasteiger partial charge in [0, 0.05) is 6.07 Å². The molecule has 1 rings (SSSR count). The maximum Gasteiger partial charge on any atom is 0.251 e. The minimum Gasteiger partial charge on any atom is -0.481 e. The van der Waals surface area contributed by atoms with Crippen LogP contribution < -0.4 is 16.2 Å². The smallest absolute Gasteiger partial charge is 0.251 e. The minimum absolute atomic E-state index is 0.224. The number of nitrogens with zero attached hydrogens (tertiary/aromatic N) is 1. The zero-order valence-electron chi connectivity index (χ0n) is 6.57. The van der Waals surface area contributed by atoms with E-state index in [1.54, 1.807) is 0 Å². The lowest BCUT2D eigenvalue weighted by Gasteiger charge is -2.02. The van der Waals surface area contributed by atoms with Crippen molar-refractivity contribution in [3.63, 3.8) is 0 Å². The van der Waals surface area contributed by atoms with Gasteiger partial charge in [-0.15, -0.1) is 0 Å². The number of primary amides is 1. The largest absolute Gasteiger partial charge is 0.481 e. The van der Waals surface area contributed by atoms with Gasteiger partial charge in [0.2, 0.25) is 5.88 Å². The molecular formula is C7H9N3O2. The summed E-state index contributed by atoms with van der Waals surface area (Å²) in [5, 5.41) is 0. The molecule has 0 aliphatic rings. The van der Waals surface area contributed by atoms with Crippen LogP contribution in [0.2, 0.25) is 0 Å². The fraction of sp³-hybridized carbons (Fsp3) is 0.143. The number of amides is 1. The van der Waals surface area contributed by atoms with Crippen LogP contribution in [-0.2, 0) is 0 Å². The average molecular weight is 167 g/mol. The van der Waals surface area contributed by atoms with E-state index in [9.17, 15) is 4.79 Å². The summed E-state index contributed by atoms with van der Waals surface area (Å²) in [7, 11) is 1.45. The van der Waals surface area contributed by atoms with Gasteiger partial charge in [-0.3, -0.25) is 4.79 Å². The van der Waals surface area contributed by atoms with Gasteiger partial charge in [0.15, 0.2) is 0 Å². The molecule has 0 aliphatic heterocycles. The van der Waals surface area contributed by atoms with Crippen LogP contribution >= 0.6 is 0 Å². The number of hydrogen-bond donors (Lipinski definition) is 2. The van der Waals surface area contributed by atoms with Crippen molar-refractivity contribution in [1.82, 2.24) is 4.98 Å². The molecule has 0 saturated heterocycles. The number of methoxy groups -OCH3 is 1. The lowest BCUT2D eigenvalue weighted by Crippen LogP contribution is -2.13. The first kappa shape index (κ1) is 8.32. The van der Waals surface area contributed by atoms with E-state index in [1.165, 1.54) is 19.4 Å². The molecule has 64 valence electrons. The number of carbonyl (C=O) groups is 1. The summed E-state index contributed by atoms with van der Waals surface area (Å²) in [5.41, 5.74) is 10.9. The van der Waals surface area contributed by atoms with E-state index in [0.29, 0.717) is 5.88 Å². The molecule has 5 nitrogen and oxygen atoms in total. The second kappa shape index (κ2) is 3.08. The van der Waals surface area contributed by atoms with Gasteiger partial charge < -0.3 is 16.2 Å². The Labute approximate surface area is 69.3 Å². The zero-order valence-corrected chi connectivity index (χ0v) is 6.57. The molecule has 0 aromatic carbocycles. The summed E-state index contributed by atoms with van der Waals surface area (Å²) in [6.45, 7) is 0. The molecular weight excluding hydrogens is 158 g/mol. The number of rotatable bonds is 2. The monoisotopic (exact) mass is 167 g/mol. The van der Waals surface area contributed by atoms with Crippen LogP contribution in [0.5, 0.6) is 5.88 Å². The van der Waals surface area contributed by atoms with E-state index in [-0.39, 0.29) is 11.3 Å². The van der Waals surface area contributed by atoms with Crippen molar-refractivity contribution in [2.45, 2.75) is 0 Å². The van der Waals surface area contributed by atoms with Crippen molar-refractivity contribution >= 4 is 11.6 Å². The lowest BCUT2D eigenvalue weighted by molar-refractivity contribution is 0.100. The highest BCUT2D eigenvalue weighted by Crippen LogP contribution is 2.14. The Morgan fingerprint density at radius 1 is 1.67 bits per heavy atom. The summed E-state index contributed by atoms with van der Waals surface area (Å²) in [6.07, 6.45) is 1.33. The molecule has 0 aliphatic carbocycles. The molecule has 1 aromatic heterocycles. The number of pyridine rings is 1. The van der Waals surface area contributed by atoms with E-state index in [1.807, 2.05) is 0 Å². The van der Waals surface area contributed by atoms with Crippen molar-refractivity contribution in [2.75, 3.05) is 12.8 Å². The highest BCUT2D eigenvalue weighted by atomic mass is 16.5. The van der Waals surface area contributed by atoms with Crippen molar-refractivity contribution < 1.29 is 9.53 Å². The predicted molar refractivity (Wildman–Crippen MR) is 43.7 cm³/mol. The van der Waals surface area contributed by atoms with E-state index in [2.05, 4.69) is 4.98 Å². The standard InChI is InChI=1S/C7H9N3O2/c1-12-6-2-4(7(9)11)5(8)3-10-6/h2-3H,8H2,1H3,(H2,9,11). The predicted octanol–water partition coefficient (Wildman–Crippen LogP) is -0.229. The third-order valence-electron chi connectivity index (χ3n) is 1.38. The Kier molecular flexibility index (Phi) is 2.14. The fourth-order valence-corrected chi connectivity index (χ4v) is 0.772. The quantitative estimate of drug-likeness (QED) is 0.636. The first-order valence-electron chi connectivity index (χ1n) is 3.24. The molecule has 1 aromatic rings. The van der Waals surface area contributed by atoms with E-state index in [4.69, 9.17) is 16.2 Å². The van der Waals surface area contributed by atoms with Crippen LogP contribution in [0.25, 0.3) is 0 Å². The van der Waals surface area contributed by atoms with Crippen molar-refractivity contribution in [3.8, 4) is 5.88 Å². The molecule has 0 radical (unpaired) electrons. The molecule has 0 spiro atoms. The van der Waals surface area contributed by atoms with Crippen LogP contribution in [-0.4, -0.2) is 18.0 Å². The van der Waals surface area contributed by atoms with Gasteiger partial charge in [-0.1, -0.05) is 0 Å². The molecule has 5 heteroatoms. The third-order valence-corrected chi connectivity index (χ3v) is 1.38. The number of anilines is 1. The summed E-state index contributed by atoms with van der Waals surface area (Å²) in [6, 6.07) is 1.40. The molecule has 1 heterocycles. The molecule has 12 heavy (non-hydrogen) atoms. The van der Waals surface area contributed by atoms with Crippen LogP contribution in [0, 0.1) is 0 Å². The van der Waals surface area contributed by atoms with Gasteiger partial charge in [-0.2, -0.15) is 0 Å². The molecule has 0 fully saturated rings. The normalized spacial score (nSPS) is 9.42. The van der Waals surface area contributed by atoms with Crippen LogP contribution in [0.4, 0.5) is 5.69 Å². The maximum absolute atomic E-state index is 10.7. The number of aromatic nitrogens is 1. The minimum atomic E-state index is -0.590. The number of hydrogen-bond acceptors (Lipinski definition) is 4. The van der Waals surface area contributed by atoms with Gasteiger partial charge in [0.1, 0.15) is 0 Å². The second-order valence-electron chi connectivity index (χ2n) is 2.18. The highest BCUT2D eigenvalue weighted by Gasteiger charge is 2.07. The topological polar surface area (TPSA) is 91.2 Å². The van der Waals surface area contributed by atoms with Crippen molar-refractivity contribution in [3.05, 3.63) is 17.8 Å². The summed E-state index contributed by atoms with van der Waals surface area (Å²) in [4.78, 5) is 14.5. The van der Waals surface area contributed by atoms with Crippen LogP contribution in [0.1, 0.15) is 10.4 Å². The number of carbonyl (C=O) groups excluding carboxylic acids is 1. The maximum atomic E-state index is 10.7. The van der Waals surface area contributed by atoms with E-state index in [0.717, 1.165) is 0 Å². The van der Waals surface area contributed by atoms with Gasteiger partial charge in [0.25, 0.3) is 5.91 Å². The summed E-state index contributed by atoms with van der Waals surface area (Å²) >= 11 is 0. The summed E-state index contributed by atoms with van der Waals surface area (Å²) in [5.74, 6) is -0.272. The molecule has 0 saturated carbocycles. The molecule has 0 unspecified atom stereocenters. The van der Waals surface area contributed by atoms with Crippen molar-refractivity contribution in [1.29, 1.82) is 0 Å². The third kappa shape index (κ3) is 1.45.